The van der Waals surface area contributed by atoms with Crippen molar-refractivity contribution in [3.63, 3.8) is 0 Å². The average Bonchev–Trinajstić information content (AvgIpc) is 1.94. The van der Waals surface area contributed by atoms with Crippen molar-refractivity contribution in [3.05, 3.63) is 0 Å². The normalized spacial score (nSPS) is 20.3. The first kappa shape index (κ1) is 11.0. The van der Waals surface area contributed by atoms with Crippen LogP contribution < -0.4 is 5.32 Å². The molecule has 78 valence electrons. The topological polar surface area (TPSA) is 12.0 Å². The molecule has 0 amide bonds. The molecule has 1 unspecified atom stereocenters. The smallest absolute Gasteiger partial charge is 0.00669 e. The molecule has 0 aromatic heterocycles. The van der Waals surface area contributed by atoms with Crippen LogP contribution in [0, 0.1) is 11.8 Å². The third kappa shape index (κ3) is 4.12. The molecule has 0 aromatic rings. The number of nitrogens with one attached hydrogen (secondary N) is 1. The zero-order chi connectivity index (χ0) is 9.68. The molecule has 1 heteroatoms. The van der Waals surface area contributed by atoms with Gasteiger partial charge in [-0.2, -0.15) is 0 Å². The predicted molar refractivity (Wildman–Crippen MR) is 58.9 cm³/mol. The molecule has 1 nitrogen and oxygen atoms in total. The van der Waals surface area contributed by atoms with Crippen LogP contribution in [0.2, 0.25) is 0 Å². The van der Waals surface area contributed by atoms with Crippen molar-refractivity contribution in [3.8, 4) is 0 Å². The summed E-state index contributed by atoms with van der Waals surface area (Å²) in [5.74, 6) is 1.85. The second-order valence-corrected chi connectivity index (χ2v) is 4.97. The van der Waals surface area contributed by atoms with Crippen molar-refractivity contribution in [2.24, 2.45) is 11.8 Å². The van der Waals surface area contributed by atoms with E-state index in [0.717, 1.165) is 17.9 Å². The molecule has 0 bridgehead atoms. The van der Waals surface area contributed by atoms with Crippen LogP contribution in [0.1, 0.15) is 52.9 Å². The van der Waals surface area contributed by atoms with E-state index in [4.69, 9.17) is 0 Å². The maximum atomic E-state index is 3.64. The highest BCUT2D eigenvalue weighted by Crippen LogP contribution is 2.29. The van der Waals surface area contributed by atoms with Gasteiger partial charge in [-0.3, -0.25) is 0 Å². The molecule has 1 rings (SSSR count). The van der Waals surface area contributed by atoms with E-state index in [-0.39, 0.29) is 0 Å². The summed E-state index contributed by atoms with van der Waals surface area (Å²) in [7, 11) is 0. The van der Waals surface area contributed by atoms with Crippen LogP contribution in [0.25, 0.3) is 0 Å². The Bertz CT molecular complexity index is 127. The van der Waals surface area contributed by atoms with Crippen LogP contribution in [0.4, 0.5) is 0 Å². The molecule has 13 heavy (non-hydrogen) atoms. The Hall–Kier alpha value is -0.0400. The van der Waals surface area contributed by atoms with Gasteiger partial charge in [0.2, 0.25) is 0 Å². The minimum atomic E-state index is 0.765. The van der Waals surface area contributed by atoms with Gasteiger partial charge in [0, 0.05) is 6.04 Å². The lowest BCUT2D eigenvalue weighted by atomic mass is 9.80. The number of rotatable bonds is 6. The van der Waals surface area contributed by atoms with E-state index >= 15 is 0 Å². The van der Waals surface area contributed by atoms with Crippen LogP contribution >= 0.6 is 0 Å². The molecule has 1 atom stereocenters. The fourth-order valence-electron chi connectivity index (χ4n) is 1.95. The van der Waals surface area contributed by atoms with Crippen molar-refractivity contribution in [2.75, 3.05) is 6.54 Å². The SMILES string of the molecule is CC(C)CCCNC(C)C1CCC1. The second-order valence-electron chi connectivity index (χ2n) is 4.97. The lowest BCUT2D eigenvalue weighted by Gasteiger charge is -2.32. The highest BCUT2D eigenvalue weighted by molar-refractivity contribution is 4.79. The van der Waals surface area contributed by atoms with Gasteiger partial charge in [-0.15, -0.1) is 0 Å². The molecule has 0 aliphatic heterocycles. The van der Waals surface area contributed by atoms with E-state index in [2.05, 4.69) is 26.1 Å². The molecule has 1 N–H and O–H groups in total. The Kier molecular flexibility index (Phi) is 4.79. The summed E-state index contributed by atoms with van der Waals surface area (Å²) in [6.07, 6.45) is 7.08. The Labute approximate surface area is 83.3 Å². The Balaban J connectivity index is 1.92. The van der Waals surface area contributed by atoms with E-state index in [1.807, 2.05) is 0 Å². The van der Waals surface area contributed by atoms with Crippen LogP contribution in [0.15, 0.2) is 0 Å². The molecule has 1 aliphatic rings. The average molecular weight is 183 g/mol. The Morgan fingerprint density at radius 1 is 1.23 bits per heavy atom. The third-order valence-electron chi connectivity index (χ3n) is 3.28. The van der Waals surface area contributed by atoms with Crippen molar-refractivity contribution < 1.29 is 0 Å². The van der Waals surface area contributed by atoms with Gasteiger partial charge in [-0.25, -0.2) is 0 Å². The number of hydrogen-bond acceptors (Lipinski definition) is 1. The van der Waals surface area contributed by atoms with Crippen molar-refractivity contribution >= 4 is 0 Å². The van der Waals surface area contributed by atoms with Gasteiger partial charge in [0.15, 0.2) is 0 Å². The first-order valence-electron chi connectivity index (χ1n) is 5.93. The fourth-order valence-corrected chi connectivity index (χ4v) is 1.95. The van der Waals surface area contributed by atoms with Crippen LogP contribution in [-0.2, 0) is 0 Å². The molecule has 0 aromatic carbocycles. The van der Waals surface area contributed by atoms with E-state index < -0.39 is 0 Å². The van der Waals surface area contributed by atoms with E-state index in [9.17, 15) is 0 Å². The Morgan fingerprint density at radius 3 is 2.38 bits per heavy atom. The first-order chi connectivity index (χ1) is 6.20. The van der Waals surface area contributed by atoms with Gasteiger partial charge in [0.05, 0.1) is 0 Å². The van der Waals surface area contributed by atoms with Gasteiger partial charge in [-0.05, 0) is 51.0 Å². The molecule has 1 aliphatic carbocycles. The standard InChI is InChI=1S/C12H25N/c1-10(2)6-5-9-13-11(3)12-7-4-8-12/h10-13H,4-9H2,1-3H3. The zero-order valence-corrected chi connectivity index (χ0v) is 9.47. The van der Waals surface area contributed by atoms with Crippen LogP contribution in [-0.4, -0.2) is 12.6 Å². The maximum absolute atomic E-state index is 3.64. The lowest BCUT2D eigenvalue weighted by molar-refractivity contribution is 0.240. The quantitative estimate of drug-likeness (QED) is 0.624. The van der Waals surface area contributed by atoms with Crippen molar-refractivity contribution in [1.82, 2.24) is 5.32 Å². The summed E-state index contributed by atoms with van der Waals surface area (Å²) in [5, 5.41) is 3.64. The summed E-state index contributed by atoms with van der Waals surface area (Å²) < 4.78 is 0. The molecular formula is C12H25N. The van der Waals surface area contributed by atoms with Crippen LogP contribution in [0.5, 0.6) is 0 Å². The van der Waals surface area contributed by atoms with E-state index in [1.165, 1.54) is 38.6 Å². The maximum Gasteiger partial charge on any atom is 0.00669 e. The van der Waals surface area contributed by atoms with Gasteiger partial charge < -0.3 is 5.32 Å². The summed E-state index contributed by atoms with van der Waals surface area (Å²) in [6.45, 7) is 8.17. The largest absolute Gasteiger partial charge is 0.314 e. The molecule has 1 saturated carbocycles. The monoisotopic (exact) mass is 183 g/mol. The predicted octanol–water partition coefficient (Wildman–Crippen LogP) is 3.20. The molecule has 0 saturated heterocycles. The highest BCUT2D eigenvalue weighted by Gasteiger charge is 2.22. The van der Waals surface area contributed by atoms with E-state index in [0.29, 0.717) is 0 Å². The summed E-state index contributed by atoms with van der Waals surface area (Å²) >= 11 is 0. The van der Waals surface area contributed by atoms with Gasteiger partial charge in [0.25, 0.3) is 0 Å². The van der Waals surface area contributed by atoms with Gasteiger partial charge >= 0.3 is 0 Å². The van der Waals surface area contributed by atoms with Gasteiger partial charge in [0.1, 0.15) is 0 Å². The summed E-state index contributed by atoms with van der Waals surface area (Å²) in [4.78, 5) is 0. The highest BCUT2D eigenvalue weighted by atomic mass is 14.9. The summed E-state index contributed by atoms with van der Waals surface area (Å²) in [5.41, 5.74) is 0. The molecule has 0 spiro atoms. The zero-order valence-electron chi connectivity index (χ0n) is 9.47. The second kappa shape index (κ2) is 5.64. The van der Waals surface area contributed by atoms with Crippen LogP contribution in [0.3, 0.4) is 0 Å². The minimum absolute atomic E-state index is 0.765. The van der Waals surface area contributed by atoms with Crippen molar-refractivity contribution in [2.45, 2.75) is 58.9 Å². The lowest BCUT2D eigenvalue weighted by Crippen LogP contribution is -2.37. The molecule has 0 radical (unpaired) electrons. The first-order valence-corrected chi connectivity index (χ1v) is 5.93. The minimum Gasteiger partial charge on any atom is -0.314 e. The molecular weight excluding hydrogens is 158 g/mol. The number of hydrogen-bond donors (Lipinski definition) is 1. The summed E-state index contributed by atoms with van der Waals surface area (Å²) in [6, 6.07) is 0.765. The third-order valence-corrected chi connectivity index (χ3v) is 3.28. The van der Waals surface area contributed by atoms with Gasteiger partial charge in [-0.1, -0.05) is 20.3 Å². The fraction of sp³-hybridized carbons (Fsp3) is 1.00. The Morgan fingerprint density at radius 2 is 1.92 bits per heavy atom. The molecule has 0 heterocycles. The molecule has 1 fully saturated rings. The van der Waals surface area contributed by atoms with E-state index in [1.54, 1.807) is 0 Å². The van der Waals surface area contributed by atoms with Crippen molar-refractivity contribution in [1.29, 1.82) is 0 Å².